The molecule has 2 aromatic carbocycles. The first kappa shape index (κ1) is 21.6. The molecule has 3 amide bonds. The van der Waals surface area contributed by atoms with Gasteiger partial charge in [0.15, 0.2) is 12.1 Å². The van der Waals surface area contributed by atoms with Crippen molar-refractivity contribution in [1.82, 2.24) is 5.01 Å². The fourth-order valence-corrected chi connectivity index (χ4v) is 3.82. The van der Waals surface area contributed by atoms with Gasteiger partial charge in [-0.3, -0.25) is 19.4 Å². The third-order valence-electron chi connectivity index (χ3n) is 5.00. The Hall–Kier alpha value is -3.66. The minimum atomic E-state index is -0.989. The Morgan fingerprint density at radius 3 is 2.56 bits per heavy atom. The number of carbonyl (C=O) groups is 3. The van der Waals surface area contributed by atoms with Crippen LogP contribution in [0.15, 0.2) is 52.8 Å². The van der Waals surface area contributed by atoms with Crippen LogP contribution in [0.3, 0.4) is 0 Å². The number of carbonyl (C=O) groups excluding carboxylic acids is 3. The quantitative estimate of drug-likeness (QED) is 0.639. The van der Waals surface area contributed by atoms with Gasteiger partial charge in [-0.05, 0) is 49.4 Å². The highest BCUT2D eigenvalue weighted by atomic mass is 35.5. The van der Waals surface area contributed by atoms with Gasteiger partial charge < -0.3 is 14.8 Å². The molecule has 4 rings (SSSR count). The van der Waals surface area contributed by atoms with Crippen LogP contribution in [0, 0.1) is 0 Å². The van der Waals surface area contributed by atoms with Crippen molar-refractivity contribution >= 4 is 40.7 Å². The van der Waals surface area contributed by atoms with Crippen molar-refractivity contribution < 1.29 is 23.9 Å². The minimum absolute atomic E-state index is 0.259. The average Bonchev–Trinajstić information content (AvgIpc) is 3.28. The highest BCUT2D eigenvalue weighted by molar-refractivity contribution is 6.32. The molecule has 0 aromatic heterocycles. The number of imide groups is 1. The Balaban J connectivity index is 1.45. The van der Waals surface area contributed by atoms with Crippen LogP contribution in [-0.2, 0) is 14.4 Å². The van der Waals surface area contributed by atoms with Crippen LogP contribution in [-0.4, -0.2) is 55.1 Å². The van der Waals surface area contributed by atoms with Crippen LogP contribution in [0.1, 0.15) is 6.92 Å². The number of halogens is 1. The van der Waals surface area contributed by atoms with Gasteiger partial charge >= 0.3 is 0 Å². The van der Waals surface area contributed by atoms with Crippen molar-refractivity contribution in [2.45, 2.75) is 19.0 Å². The molecule has 0 unspecified atom stereocenters. The average molecular weight is 458 g/mol. The van der Waals surface area contributed by atoms with Gasteiger partial charge in [0.2, 0.25) is 5.91 Å². The molecule has 0 bridgehead atoms. The van der Waals surface area contributed by atoms with Gasteiger partial charge in [0.25, 0.3) is 11.8 Å². The third-order valence-corrected chi connectivity index (χ3v) is 5.30. The van der Waals surface area contributed by atoms with Gasteiger partial charge in [-0.2, -0.15) is 5.11 Å². The molecule has 1 fully saturated rings. The monoisotopic (exact) mass is 457 g/mol. The van der Waals surface area contributed by atoms with E-state index in [2.05, 4.69) is 15.7 Å². The van der Waals surface area contributed by atoms with Gasteiger partial charge in [0.05, 0.1) is 24.4 Å². The Labute approximate surface area is 188 Å². The summed E-state index contributed by atoms with van der Waals surface area (Å²) in [5.41, 5.74) is 0.864. The summed E-state index contributed by atoms with van der Waals surface area (Å²) in [5.74, 6) is -0.310. The van der Waals surface area contributed by atoms with E-state index in [1.54, 1.807) is 42.5 Å². The van der Waals surface area contributed by atoms with Crippen molar-refractivity contribution in [1.29, 1.82) is 0 Å². The molecule has 2 atom stereocenters. The summed E-state index contributed by atoms with van der Waals surface area (Å²) < 4.78 is 10.5. The number of methoxy groups -OCH3 is 1. The van der Waals surface area contributed by atoms with Crippen LogP contribution in [0.5, 0.6) is 11.5 Å². The molecular formula is C21H20ClN5O5. The van der Waals surface area contributed by atoms with Crippen LogP contribution < -0.4 is 19.7 Å². The van der Waals surface area contributed by atoms with E-state index in [0.29, 0.717) is 34.5 Å². The summed E-state index contributed by atoms with van der Waals surface area (Å²) in [6.45, 7) is 2.11. The molecule has 2 aliphatic heterocycles. The SMILES string of the molecule is CCOc1ccc(N2C(=O)[C@@H]3N=NN(CC(=O)Nc4ccc(OC)c(Cl)c4)[C@H]3C2=O)cc1. The van der Waals surface area contributed by atoms with Gasteiger partial charge in [0, 0.05) is 5.69 Å². The molecule has 166 valence electrons. The second-order valence-corrected chi connectivity index (χ2v) is 7.44. The second kappa shape index (κ2) is 8.83. The number of nitrogens with zero attached hydrogens (tertiary/aromatic N) is 4. The molecule has 2 heterocycles. The van der Waals surface area contributed by atoms with E-state index < -0.39 is 29.8 Å². The van der Waals surface area contributed by atoms with Crippen molar-refractivity contribution in [3.05, 3.63) is 47.5 Å². The smallest absolute Gasteiger partial charge is 0.263 e. The first-order valence-electron chi connectivity index (χ1n) is 9.84. The molecule has 1 N–H and O–H groups in total. The van der Waals surface area contributed by atoms with Crippen molar-refractivity contribution in [2.75, 3.05) is 30.5 Å². The normalized spacial score (nSPS) is 19.3. The van der Waals surface area contributed by atoms with E-state index in [4.69, 9.17) is 21.1 Å². The maximum absolute atomic E-state index is 13.0. The number of anilines is 2. The maximum atomic E-state index is 13.0. The van der Waals surface area contributed by atoms with E-state index in [9.17, 15) is 14.4 Å². The largest absolute Gasteiger partial charge is 0.495 e. The molecule has 1 saturated heterocycles. The predicted molar refractivity (Wildman–Crippen MR) is 116 cm³/mol. The summed E-state index contributed by atoms with van der Waals surface area (Å²) in [5, 5.41) is 12.0. The van der Waals surface area contributed by atoms with Gasteiger partial charge in [-0.1, -0.05) is 16.8 Å². The number of rotatable bonds is 7. The number of benzene rings is 2. The maximum Gasteiger partial charge on any atom is 0.263 e. The topological polar surface area (TPSA) is 113 Å². The van der Waals surface area contributed by atoms with Crippen molar-refractivity contribution in [3.63, 3.8) is 0 Å². The van der Waals surface area contributed by atoms with E-state index >= 15 is 0 Å². The summed E-state index contributed by atoms with van der Waals surface area (Å²) >= 11 is 6.08. The Morgan fingerprint density at radius 2 is 1.91 bits per heavy atom. The molecule has 32 heavy (non-hydrogen) atoms. The first-order valence-corrected chi connectivity index (χ1v) is 10.2. The molecule has 0 spiro atoms. The zero-order valence-electron chi connectivity index (χ0n) is 17.3. The lowest BCUT2D eigenvalue weighted by atomic mass is 10.1. The molecule has 11 heteroatoms. The number of nitrogens with one attached hydrogen (secondary N) is 1. The van der Waals surface area contributed by atoms with Gasteiger partial charge in [-0.25, -0.2) is 4.90 Å². The number of fused-ring (bicyclic) bond motifs is 1. The van der Waals surface area contributed by atoms with Crippen molar-refractivity contribution in [2.24, 2.45) is 10.3 Å². The fourth-order valence-electron chi connectivity index (χ4n) is 3.56. The van der Waals surface area contributed by atoms with E-state index in [1.165, 1.54) is 12.1 Å². The standard InChI is InChI=1S/C21H20ClN5O5/c1-3-32-14-7-5-13(6-8-14)27-20(29)18-19(21(27)30)26(25-24-18)11-17(28)23-12-4-9-16(31-2)15(22)10-12/h4-10,18-19H,3,11H2,1-2H3,(H,23,28)/t18-,19-/m1/s1. The molecular weight excluding hydrogens is 438 g/mol. The number of amides is 3. The Morgan fingerprint density at radius 1 is 1.16 bits per heavy atom. The molecule has 0 saturated carbocycles. The molecule has 2 aliphatic rings. The highest BCUT2D eigenvalue weighted by Gasteiger charge is 2.55. The van der Waals surface area contributed by atoms with E-state index in [1.807, 2.05) is 6.92 Å². The summed E-state index contributed by atoms with van der Waals surface area (Å²) in [6.07, 6.45) is 0. The summed E-state index contributed by atoms with van der Waals surface area (Å²) in [6, 6.07) is 9.46. The molecule has 0 aliphatic carbocycles. The van der Waals surface area contributed by atoms with Crippen LogP contribution >= 0.6 is 11.6 Å². The fraction of sp³-hybridized carbons (Fsp3) is 0.286. The molecule has 10 nitrogen and oxygen atoms in total. The first-order chi connectivity index (χ1) is 15.4. The van der Waals surface area contributed by atoms with Crippen LogP contribution in [0.2, 0.25) is 5.02 Å². The summed E-state index contributed by atoms with van der Waals surface area (Å²) in [4.78, 5) is 39.4. The Kier molecular flexibility index (Phi) is 5.95. The minimum Gasteiger partial charge on any atom is -0.495 e. The van der Waals surface area contributed by atoms with E-state index in [-0.39, 0.29) is 6.54 Å². The van der Waals surface area contributed by atoms with E-state index in [0.717, 1.165) is 4.90 Å². The lowest BCUT2D eigenvalue weighted by molar-refractivity contribution is -0.123. The second-order valence-electron chi connectivity index (χ2n) is 7.03. The number of hydrogen-bond donors (Lipinski definition) is 1. The van der Waals surface area contributed by atoms with Crippen molar-refractivity contribution in [3.8, 4) is 11.5 Å². The summed E-state index contributed by atoms with van der Waals surface area (Å²) in [7, 11) is 1.49. The van der Waals surface area contributed by atoms with Crippen LogP contribution in [0.25, 0.3) is 0 Å². The Bertz CT molecular complexity index is 1090. The number of hydrogen-bond acceptors (Lipinski definition) is 8. The molecule has 2 aromatic rings. The lowest BCUT2D eigenvalue weighted by Gasteiger charge is -2.20. The van der Waals surface area contributed by atoms with Gasteiger partial charge in [-0.15, -0.1) is 0 Å². The third kappa shape index (κ3) is 3.96. The zero-order chi connectivity index (χ0) is 22.8. The number of ether oxygens (including phenoxy) is 2. The van der Waals surface area contributed by atoms with Gasteiger partial charge in [0.1, 0.15) is 18.0 Å². The predicted octanol–water partition coefficient (Wildman–Crippen LogP) is 2.68. The highest BCUT2D eigenvalue weighted by Crippen LogP contribution is 2.33. The lowest BCUT2D eigenvalue weighted by Crippen LogP contribution is -2.43. The molecule has 0 radical (unpaired) electrons. The van der Waals surface area contributed by atoms with Crippen LogP contribution in [0.4, 0.5) is 11.4 Å². The zero-order valence-corrected chi connectivity index (χ0v) is 18.1.